The summed E-state index contributed by atoms with van der Waals surface area (Å²) in [5.74, 6) is 0.926. The van der Waals surface area contributed by atoms with Crippen molar-refractivity contribution in [1.82, 2.24) is 14.5 Å². The first-order chi connectivity index (χ1) is 16.5. The van der Waals surface area contributed by atoms with Crippen molar-refractivity contribution in [3.63, 3.8) is 0 Å². The standard InChI is InChI=1S/C26H30N4O4/c1-17-10-11-20-21(29(17)26(33)34-2)12-13-22-24(20)27-23(15-18-7-4-3-5-8-18)30(22)19-9-6-14-28(16-19)25(31)32/h3-5,7-8,12-13,17,19H,6,9-11,14-16H2,1-2H3,(H,31,32)/t17-,19+/m0/s1. The van der Waals surface area contributed by atoms with E-state index in [1.807, 2.05) is 37.3 Å². The van der Waals surface area contributed by atoms with Crippen LogP contribution < -0.4 is 4.90 Å². The average molecular weight is 463 g/mol. The van der Waals surface area contributed by atoms with Crippen molar-refractivity contribution >= 4 is 28.9 Å². The highest BCUT2D eigenvalue weighted by atomic mass is 16.5. The molecule has 0 spiro atoms. The zero-order valence-corrected chi connectivity index (χ0v) is 19.6. The Morgan fingerprint density at radius 3 is 2.68 bits per heavy atom. The molecule has 2 aliphatic rings. The fraction of sp³-hybridized carbons (Fsp3) is 0.423. The van der Waals surface area contributed by atoms with Gasteiger partial charge in [0.2, 0.25) is 0 Å². The largest absolute Gasteiger partial charge is 0.465 e. The van der Waals surface area contributed by atoms with Crippen LogP contribution in [0.5, 0.6) is 0 Å². The molecule has 0 unspecified atom stereocenters. The zero-order chi connectivity index (χ0) is 23.8. The van der Waals surface area contributed by atoms with Crippen molar-refractivity contribution in [2.75, 3.05) is 25.1 Å². The van der Waals surface area contributed by atoms with E-state index in [0.29, 0.717) is 19.5 Å². The first kappa shape index (κ1) is 22.3. The number of carboxylic acid groups (broad SMARTS) is 1. The summed E-state index contributed by atoms with van der Waals surface area (Å²) in [6, 6.07) is 14.3. The monoisotopic (exact) mass is 462 g/mol. The van der Waals surface area contributed by atoms with Crippen LogP contribution in [0.2, 0.25) is 0 Å². The summed E-state index contributed by atoms with van der Waals surface area (Å²) in [6.07, 6.45) is 2.80. The summed E-state index contributed by atoms with van der Waals surface area (Å²) in [5.41, 5.74) is 4.96. The molecule has 2 amide bonds. The molecule has 0 radical (unpaired) electrons. The molecule has 2 atom stereocenters. The lowest BCUT2D eigenvalue weighted by Crippen LogP contribution is -2.42. The van der Waals surface area contributed by atoms with Gasteiger partial charge in [0.15, 0.2) is 0 Å². The molecular formula is C26H30N4O4. The summed E-state index contributed by atoms with van der Waals surface area (Å²) in [5, 5.41) is 9.61. The predicted octanol–water partition coefficient (Wildman–Crippen LogP) is 4.85. The van der Waals surface area contributed by atoms with Gasteiger partial charge in [0.05, 0.1) is 29.9 Å². The van der Waals surface area contributed by atoms with Gasteiger partial charge in [-0.3, -0.25) is 4.90 Å². The molecule has 3 aromatic rings. The first-order valence-corrected chi connectivity index (χ1v) is 11.9. The molecule has 8 nitrogen and oxygen atoms in total. The molecule has 178 valence electrons. The number of benzene rings is 2. The normalized spacial score (nSPS) is 20.3. The third-order valence-electron chi connectivity index (χ3n) is 7.14. The summed E-state index contributed by atoms with van der Waals surface area (Å²) < 4.78 is 7.31. The number of methoxy groups -OCH3 is 1. The Bertz CT molecular complexity index is 1220. The van der Waals surface area contributed by atoms with Crippen LogP contribution in [0.4, 0.5) is 15.3 Å². The third-order valence-corrected chi connectivity index (χ3v) is 7.14. The van der Waals surface area contributed by atoms with Crippen molar-refractivity contribution in [2.45, 2.75) is 51.1 Å². The van der Waals surface area contributed by atoms with Crippen molar-refractivity contribution in [3.8, 4) is 0 Å². The second-order valence-corrected chi connectivity index (χ2v) is 9.24. The summed E-state index contributed by atoms with van der Waals surface area (Å²) in [4.78, 5) is 32.6. The molecule has 1 N–H and O–H groups in total. The Morgan fingerprint density at radius 2 is 1.94 bits per heavy atom. The fourth-order valence-corrected chi connectivity index (χ4v) is 5.47. The average Bonchev–Trinajstić information content (AvgIpc) is 3.22. The van der Waals surface area contributed by atoms with Crippen LogP contribution in [0.3, 0.4) is 0 Å². The second kappa shape index (κ2) is 9.00. The third kappa shape index (κ3) is 3.87. The van der Waals surface area contributed by atoms with Gasteiger partial charge in [0.1, 0.15) is 5.82 Å². The SMILES string of the molecule is COC(=O)N1c2ccc3c(nc(Cc4ccccc4)n3[C@@H]3CCCN(C(=O)O)C3)c2CC[C@@H]1C. The van der Waals surface area contributed by atoms with Crippen LogP contribution in [0.15, 0.2) is 42.5 Å². The van der Waals surface area contributed by atoms with Gasteiger partial charge < -0.3 is 19.3 Å². The highest BCUT2D eigenvalue weighted by Gasteiger charge is 2.33. The number of hydrogen-bond acceptors (Lipinski definition) is 4. The van der Waals surface area contributed by atoms with Crippen LogP contribution in [0.25, 0.3) is 11.0 Å². The molecule has 5 rings (SSSR count). The number of likely N-dealkylation sites (tertiary alicyclic amines) is 1. The first-order valence-electron chi connectivity index (χ1n) is 11.9. The molecule has 34 heavy (non-hydrogen) atoms. The Labute approximate surface area is 198 Å². The Kier molecular flexibility index (Phi) is 5.89. The Morgan fingerprint density at radius 1 is 1.15 bits per heavy atom. The minimum absolute atomic E-state index is 0.0193. The second-order valence-electron chi connectivity index (χ2n) is 9.24. The number of hydrogen-bond donors (Lipinski definition) is 1. The number of piperidine rings is 1. The van der Waals surface area contributed by atoms with E-state index in [4.69, 9.17) is 9.72 Å². The number of nitrogens with zero attached hydrogens (tertiary/aromatic N) is 4. The molecule has 1 saturated heterocycles. The van der Waals surface area contributed by atoms with Gasteiger partial charge in [-0.15, -0.1) is 0 Å². The lowest BCUT2D eigenvalue weighted by molar-refractivity contribution is 0.122. The maximum Gasteiger partial charge on any atom is 0.414 e. The van der Waals surface area contributed by atoms with Crippen molar-refractivity contribution in [3.05, 3.63) is 59.4 Å². The van der Waals surface area contributed by atoms with E-state index in [9.17, 15) is 14.7 Å². The summed E-state index contributed by atoms with van der Waals surface area (Å²) in [7, 11) is 1.41. The van der Waals surface area contributed by atoms with Gasteiger partial charge >= 0.3 is 12.2 Å². The molecule has 0 saturated carbocycles. The number of ether oxygens (including phenoxy) is 1. The number of aryl methyl sites for hydroxylation is 1. The quantitative estimate of drug-likeness (QED) is 0.601. The number of anilines is 1. The number of aromatic nitrogens is 2. The lowest BCUT2D eigenvalue weighted by atomic mass is 9.95. The Balaban J connectivity index is 1.65. The summed E-state index contributed by atoms with van der Waals surface area (Å²) in [6.45, 7) is 3.05. The molecule has 0 bridgehead atoms. The topological polar surface area (TPSA) is 87.9 Å². The Hall–Kier alpha value is -3.55. The van der Waals surface area contributed by atoms with E-state index in [0.717, 1.165) is 59.4 Å². The van der Waals surface area contributed by atoms with Crippen LogP contribution in [0.1, 0.15) is 49.2 Å². The minimum Gasteiger partial charge on any atom is -0.465 e. The van der Waals surface area contributed by atoms with Crippen molar-refractivity contribution in [1.29, 1.82) is 0 Å². The summed E-state index contributed by atoms with van der Waals surface area (Å²) >= 11 is 0. The fourth-order valence-electron chi connectivity index (χ4n) is 5.47. The van der Waals surface area contributed by atoms with Crippen molar-refractivity contribution in [2.24, 2.45) is 0 Å². The molecule has 8 heteroatoms. The number of carbonyl (C=O) groups excluding carboxylic acids is 1. The van der Waals surface area contributed by atoms with E-state index in [1.54, 1.807) is 4.90 Å². The molecule has 2 aromatic carbocycles. The van der Waals surface area contributed by atoms with E-state index >= 15 is 0 Å². The van der Waals surface area contributed by atoms with Crippen LogP contribution in [-0.2, 0) is 17.6 Å². The number of carbonyl (C=O) groups is 2. The number of rotatable bonds is 3. The molecular weight excluding hydrogens is 432 g/mol. The maximum atomic E-state index is 12.6. The predicted molar refractivity (Wildman–Crippen MR) is 130 cm³/mol. The maximum absolute atomic E-state index is 12.6. The van der Waals surface area contributed by atoms with Gasteiger partial charge in [0.25, 0.3) is 0 Å². The van der Waals surface area contributed by atoms with Crippen molar-refractivity contribution < 1.29 is 19.4 Å². The van der Waals surface area contributed by atoms with Crippen LogP contribution in [-0.4, -0.2) is 58.0 Å². The number of fused-ring (bicyclic) bond motifs is 3. The van der Waals surface area contributed by atoms with Gasteiger partial charge in [-0.25, -0.2) is 14.6 Å². The smallest absolute Gasteiger partial charge is 0.414 e. The highest BCUT2D eigenvalue weighted by Crippen LogP contribution is 2.38. The molecule has 1 aromatic heterocycles. The molecule has 2 aliphatic heterocycles. The van der Waals surface area contributed by atoms with E-state index in [1.165, 1.54) is 12.0 Å². The van der Waals surface area contributed by atoms with Gasteiger partial charge in [-0.05, 0) is 50.3 Å². The van der Waals surface area contributed by atoms with E-state index < -0.39 is 6.09 Å². The molecule has 1 fully saturated rings. The van der Waals surface area contributed by atoms with Crippen LogP contribution in [0, 0.1) is 0 Å². The lowest BCUT2D eigenvalue weighted by Gasteiger charge is -2.34. The van der Waals surface area contributed by atoms with Gasteiger partial charge in [-0.1, -0.05) is 30.3 Å². The highest BCUT2D eigenvalue weighted by molar-refractivity contribution is 5.95. The minimum atomic E-state index is -0.876. The molecule has 3 heterocycles. The van der Waals surface area contributed by atoms with E-state index in [2.05, 4.69) is 16.7 Å². The van der Waals surface area contributed by atoms with E-state index in [-0.39, 0.29) is 18.2 Å². The number of amides is 2. The zero-order valence-electron chi connectivity index (χ0n) is 19.6. The molecule has 0 aliphatic carbocycles. The number of imidazole rings is 1. The van der Waals surface area contributed by atoms with Gasteiger partial charge in [0, 0.05) is 31.1 Å². The van der Waals surface area contributed by atoms with Gasteiger partial charge in [-0.2, -0.15) is 0 Å². The van der Waals surface area contributed by atoms with Crippen LogP contribution >= 0.6 is 0 Å².